The van der Waals surface area contributed by atoms with Gasteiger partial charge in [0.15, 0.2) is 0 Å². The summed E-state index contributed by atoms with van der Waals surface area (Å²) in [6.07, 6.45) is 3.28. The second-order valence-electron chi connectivity index (χ2n) is 5.97. The number of carbonyl (C=O) groups is 1. The monoisotopic (exact) mass is 296 g/mol. The molecule has 1 aliphatic rings. The summed E-state index contributed by atoms with van der Waals surface area (Å²) in [4.78, 5) is 12.1. The van der Waals surface area contributed by atoms with E-state index in [1.807, 2.05) is 18.2 Å². The van der Waals surface area contributed by atoms with E-state index in [-0.39, 0.29) is 29.8 Å². The first-order valence-corrected chi connectivity index (χ1v) is 7.16. The van der Waals surface area contributed by atoms with E-state index in [0.717, 1.165) is 19.4 Å². The third-order valence-corrected chi connectivity index (χ3v) is 3.89. The standard InChI is InChI=1S/C16H24N2O.ClH/c1-16(2,13-8-4-3-5-9-13)12-18-15(19)14-10-6-7-11-17-14;/h3-5,8-9,14,17H,6-7,10-12H2,1-2H3,(H,18,19);1H. The van der Waals surface area contributed by atoms with Crippen LogP contribution in [0.5, 0.6) is 0 Å². The zero-order chi connectivity index (χ0) is 13.7. The molecule has 1 saturated heterocycles. The van der Waals surface area contributed by atoms with Gasteiger partial charge in [-0.3, -0.25) is 4.79 Å². The van der Waals surface area contributed by atoms with Gasteiger partial charge in [0, 0.05) is 12.0 Å². The molecule has 1 unspecified atom stereocenters. The fourth-order valence-corrected chi connectivity index (χ4v) is 2.50. The fourth-order valence-electron chi connectivity index (χ4n) is 2.50. The zero-order valence-electron chi connectivity index (χ0n) is 12.3. The highest BCUT2D eigenvalue weighted by Crippen LogP contribution is 2.21. The summed E-state index contributed by atoms with van der Waals surface area (Å²) in [6, 6.07) is 10.3. The third-order valence-electron chi connectivity index (χ3n) is 3.89. The molecule has 0 spiro atoms. The van der Waals surface area contributed by atoms with E-state index in [2.05, 4.69) is 36.6 Å². The molecule has 112 valence electrons. The number of rotatable bonds is 4. The lowest BCUT2D eigenvalue weighted by atomic mass is 9.84. The summed E-state index contributed by atoms with van der Waals surface area (Å²) < 4.78 is 0. The molecule has 4 heteroatoms. The maximum absolute atomic E-state index is 12.1. The topological polar surface area (TPSA) is 41.1 Å². The van der Waals surface area contributed by atoms with Crippen molar-refractivity contribution in [2.75, 3.05) is 13.1 Å². The minimum absolute atomic E-state index is 0. The SMILES string of the molecule is CC(C)(CNC(=O)C1CCCCN1)c1ccccc1.Cl. The van der Waals surface area contributed by atoms with Crippen molar-refractivity contribution < 1.29 is 4.79 Å². The number of amides is 1. The van der Waals surface area contributed by atoms with Gasteiger partial charge in [0.2, 0.25) is 5.91 Å². The lowest BCUT2D eigenvalue weighted by molar-refractivity contribution is -0.123. The second kappa shape index (κ2) is 7.65. The van der Waals surface area contributed by atoms with Crippen molar-refractivity contribution in [2.24, 2.45) is 0 Å². The number of nitrogens with one attached hydrogen (secondary N) is 2. The molecule has 1 amide bonds. The Morgan fingerprint density at radius 1 is 1.30 bits per heavy atom. The van der Waals surface area contributed by atoms with Crippen LogP contribution in [0.3, 0.4) is 0 Å². The molecule has 0 aromatic heterocycles. The lowest BCUT2D eigenvalue weighted by Gasteiger charge is -2.28. The number of piperidine rings is 1. The molecule has 1 atom stereocenters. The number of benzene rings is 1. The van der Waals surface area contributed by atoms with E-state index < -0.39 is 0 Å². The zero-order valence-corrected chi connectivity index (χ0v) is 13.1. The van der Waals surface area contributed by atoms with Crippen LogP contribution in [-0.2, 0) is 10.2 Å². The van der Waals surface area contributed by atoms with Gasteiger partial charge in [0.25, 0.3) is 0 Å². The second-order valence-corrected chi connectivity index (χ2v) is 5.97. The smallest absolute Gasteiger partial charge is 0.237 e. The molecule has 1 fully saturated rings. The van der Waals surface area contributed by atoms with Crippen LogP contribution in [-0.4, -0.2) is 25.0 Å². The summed E-state index contributed by atoms with van der Waals surface area (Å²) in [5, 5.41) is 6.37. The Labute approximate surface area is 127 Å². The van der Waals surface area contributed by atoms with Crippen molar-refractivity contribution in [1.29, 1.82) is 0 Å². The summed E-state index contributed by atoms with van der Waals surface area (Å²) >= 11 is 0. The normalized spacial score (nSPS) is 19.0. The molecule has 0 radical (unpaired) electrons. The number of hydrogen-bond donors (Lipinski definition) is 2. The molecule has 1 aliphatic heterocycles. The average Bonchev–Trinajstić information content (AvgIpc) is 2.47. The maximum Gasteiger partial charge on any atom is 0.237 e. The highest BCUT2D eigenvalue weighted by molar-refractivity contribution is 5.85. The summed E-state index contributed by atoms with van der Waals surface area (Å²) in [7, 11) is 0. The van der Waals surface area contributed by atoms with Crippen LogP contribution in [0.15, 0.2) is 30.3 Å². The molecule has 1 aromatic rings. The van der Waals surface area contributed by atoms with Gasteiger partial charge in [-0.05, 0) is 24.9 Å². The molecule has 1 heterocycles. The molecule has 3 nitrogen and oxygen atoms in total. The van der Waals surface area contributed by atoms with E-state index in [0.29, 0.717) is 6.54 Å². The highest BCUT2D eigenvalue weighted by atomic mass is 35.5. The molecule has 0 aliphatic carbocycles. The Bertz CT molecular complexity index is 414. The molecular weight excluding hydrogens is 272 g/mol. The van der Waals surface area contributed by atoms with Gasteiger partial charge < -0.3 is 10.6 Å². The number of halogens is 1. The van der Waals surface area contributed by atoms with Gasteiger partial charge >= 0.3 is 0 Å². The van der Waals surface area contributed by atoms with Crippen molar-refractivity contribution in [1.82, 2.24) is 10.6 Å². The Balaban J connectivity index is 0.00000200. The molecule has 20 heavy (non-hydrogen) atoms. The lowest BCUT2D eigenvalue weighted by Crippen LogP contribution is -2.49. The Morgan fingerprint density at radius 3 is 2.60 bits per heavy atom. The summed E-state index contributed by atoms with van der Waals surface area (Å²) in [6.45, 7) is 5.96. The Morgan fingerprint density at radius 2 is 2.00 bits per heavy atom. The quantitative estimate of drug-likeness (QED) is 0.897. The van der Waals surface area contributed by atoms with Crippen LogP contribution < -0.4 is 10.6 Å². The molecule has 2 rings (SSSR count). The van der Waals surface area contributed by atoms with Gasteiger partial charge in [-0.25, -0.2) is 0 Å². The Kier molecular flexibility index (Phi) is 6.50. The molecule has 1 aromatic carbocycles. The van der Waals surface area contributed by atoms with Crippen LogP contribution in [0.2, 0.25) is 0 Å². The predicted octanol–water partition coefficient (Wildman–Crippen LogP) is 2.64. The van der Waals surface area contributed by atoms with E-state index >= 15 is 0 Å². The largest absolute Gasteiger partial charge is 0.354 e. The summed E-state index contributed by atoms with van der Waals surface area (Å²) in [5.41, 5.74) is 1.22. The fraction of sp³-hybridized carbons (Fsp3) is 0.562. The van der Waals surface area contributed by atoms with Crippen molar-refractivity contribution in [3.8, 4) is 0 Å². The van der Waals surface area contributed by atoms with Crippen molar-refractivity contribution >= 4 is 18.3 Å². The van der Waals surface area contributed by atoms with Crippen molar-refractivity contribution in [3.63, 3.8) is 0 Å². The third kappa shape index (κ3) is 4.50. The van der Waals surface area contributed by atoms with Gasteiger partial charge in [-0.1, -0.05) is 50.6 Å². The van der Waals surface area contributed by atoms with E-state index in [1.165, 1.54) is 12.0 Å². The Hall–Kier alpha value is -1.06. The van der Waals surface area contributed by atoms with Crippen molar-refractivity contribution in [3.05, 3.63) is 35.9 Å². The van der Waals surface area contributed by atoms with E-state index in [9.17, 15) is 4.79 Å². The number of hydrogen-bond acceptors (Lipinski definition) is 2. The van der Waals surface area contributed by atoms with Crippen molar-refractivity contribution in [2.45, 2.75) is 44.6 Å². The average molecular weight is 297 g/mol. The first-order chi connectivity index (χ1) is 9.09. The van der Waals surface area contributed by atoms with Crippen LogP contribution in [0, 0.1) is 0 Å². The number of carbonyl (C=O) groups excluding carboxylic acids is 1. The first-order valence-electron chi connectivity index (χ1n) is 7.16. The summed E-state index contributed by atoms with van der Waals surface area (Å²) in [5.74, 6) is 0.142. The first kappa shape index (κ1) is 17.0. The van der Waals surface area contributed by atoms with E-state index in [4.69, 9.17) is 0 Å². The molecule has 0 saturated carbocycles. The van der Waals surface area contributed by atoms with Gasteiger partial charge in [-0.15, -0.1) is 12.4 Å². The highest BCUT2D eigenvalue weighted by Gasteiger charge is 2.24. The van der Waals surface area contributed by atoms with Gasteiger partial charge in [-0.2, -0.15) is 0 Å². The molecule has 0 bridgehead atoms. The minimum Gasteiger partial charge on any atom is -0.354 e. The van der Waals surface area contributed by atoms with Crippen LogP contribution >= 0.6 is 12.4 Å². The maximum atomic E-state index is 12.1. The van der Waals surface area contributed by atoms with Gasteiger partial charge in [0.05, 0.1) is 6.04 Å². The molecular formula is C16H25ClN2O. The van der Waals surface area contributed by atoms with Crippen LogP contribution in [0.1, 0.15) is 38.7 Å². The van der Waals surface area contributed by atoms with E-state index in [1.54, 1.807) is 0 Å². The molecule has 2 N–H and O–H groups in total. The van der Waals surface area contributed by atoms with Gasteiger partial charge in [0.1, 0.15) is 0 Å². The predicted molar refractivity (Wildman–Crippen MR) is 85.4 cm³/mol. The minimum atomic E-state index is -0.0361. The van der Waals surface area contributed by atoms with Crippen LogP contribution in [0.4, 0.5) is 0 Å². The van der Waals surface area contributed by atoms with Crippen LogP contribution in [0.25, 0.3) is 0 Å².